The maximum atomic E-state index is 13.3. The Morgan fingerprint density at radius 2 is 1.88 bits per heavy atom. The fraction of sp³-hybridized carbons (Fsp3) is 0.464. The summed E-state index contributed by atoms with van der Waals surface area (Å²) >= 11 is 0. The van der Waals surface area contributed by atoms with Crippen molar-refractivity contribution in [2.24, 2.45) is 17.6 Å². The largest absolute Gasteiger partial charge is 0.373 e. The lowest BCUT2D eigenvalue weighted by atomic mass is 9.98. The SMILES string of the molecule is CC[C@H](C)[C@H](N)CN(c1ccc2cc(C3CC3)ccc2c1)C(O)[C@@H]1C[C@H]1c1ccc(F)cn1. The summed E-state index contributed by atoms with van der Waals surface area (Å²) in [4.78, 5) is 6.32. The molecule has 3 N–H and O–H groups in total. The molecule has 0 amide bonds. The second-order valence-corrected chi connectivity index (χ2v) is 10.1. The lowest BCUT2D eigenvalue weighted by Crippen LogP contribution is -2.47. The third-order valence-electron chi connectivity index (χ3n) is 7.68. The zero-order valence-corrected chi connectivity index (χ0v) is 19.5. The van der Waals surface area contributed by atoms with Crippen molar-refractivity contribution in [1.82, 2.24) is 4.98 Å². The van der Waals surface area contributed by atoms with Crippen molar-refractivity contribution in [2.75, 3.05) is 11.4 Å². The van der Waals surface area contributed by atoms with Crippen molar-refractivity contribution in [2.45, 2.75) is 63.6 Å². The Hall–Kier alpha value is -2.50. The molecule has 4 nitrogen and oxygen atoms in total. The van der Waals surface area contributed by atoms with Gasteiger partial charge in [0.15, 0.2) is 0 Å². The highest BCUT2D eigenvalue weighted by molar-refractivity contribution is 5.86. The highest BCUT2D eigenvalue weighted by Crippen LogP contribution is 2.50. The number of halogens is 1. The van der Waals surface area contributed by atoms with E-state index in [1.165, 1.54) is 41.4 Å². The van der Waals surface area contributed by atoms with Gasteiger partial charge in [-0.2, -0.15) is 0 Å². The number of hydrogen-bond donors (Lipinski definition) is 2. The molecule has 2 fully saturated rings. The fourth-order valence-electron chi connectivity index (χ4n) is 4.90. The lowest BCUT2D eigenvalue weighted by Gasteiger charge is -2.34. The third kappa shape index (κ3) is 4.75. The van der Waals surface area contributed by atoms with E-state index in [9.17, 15) is 9.50 Å². The minimum absolute atomic E-state index is 0.0428. The van der Waals surface area contributed by atoms with E-state index in [2.05, 4.69) is 60.1 Å². The number of hydrogen-bond acceptors (Lipinski definition) is 4. The molecule has 0 bridgehead atoms. The molecule has 33 heavy (non-hydrogen) atoms. The van der Waals surface area contributed by atoms with Gasteiger partial charge in [-0.25, -0.2) is 4.39 Å². The van der Waals surface area contributed by atoms with Gasteiger partial charge in [0, 0.05) is 35.8 Å². The number of aromatic nitrogens is 1. The molecule has 5 rings (SSSR count). The topological polar surface area (TPSA) is 62.4 Å². The Morgan fingerprint density at radius 1 is 1.12 bits per heavy atom. The van der Waals surface area contributed by atoms with Crippen LogP contribution >= 0.6 is 0 Å². The van der Waals surface area contributed by atoms with Crippen molar-refractivity contribution < 1.29 is 9.50 Å². The van der Waals surface area contributed by atoms with E-state index in [4.69, 9.17) is 5.73 Å². The van der Waals surface area contributed by atoms with Crippen LogP contribution in [-0.4, -0.2) is 28.9 Å². The maximum Gasteiger partial charge on any atom is 0.141 e. The van der Waals surface area contributed by atoms with Crippen molar-refractivity contribution in [3.63, 3.8) is 0 Å². The molecule has 0 radical (unpaired) electrons. The van der Waals surface area contributed by atoms with Gasteiger partial charge in [0.25, 0.3) is 0 Å². The Balaban J connectivity index is 1.41. The zero-order valence-electron chi connectivity index (χ0n) is 19.5. The summed E-state index contributed by atoms with van der Waals surface area (Å²) in [6.07, 6.45) is 5.02. The molecule has 0 aliphatic heterocycles. The Morgan fingerprint density at radius 3 is 2.58 bits per heavy atom. The Labute approximate surface area is 195 Å². The van der Waals surface area contributed by atoms with E-state index in [-0.39, 0.29) is 23.7 Å². The second-order valence-electron chi connectivity index (χ2n) is 10.1. The van der Waals surface area contributed by atoms with E-state index < -0.39 is 6.23 Å². The van der Waals surface area contributed by atoms with Gasteiger partial charge in [0.1, 0.15) is 12.0 Å². The number of anilines is 1. The van der Waals surface area contributed by atoms with Crippen LogP contribution in [0.1, 0.15) is 62.6 Å². The van der Waals surface area contributed by atoms with Gasteiger partial charge in [0.2, 0.25) is 0 Å². The summed E-state index contributed by atoms with van der Waals surface area (Å²) in [5.74, 6) is 0.950. The van der Waals surface area contributed by atoms with Crippen molar-refractivity contribution >= 4 is 16.5 Å². The molecule has 0 saturated heterocycles. The number of rotatable bonds is 9. The van der Waals surface area contributed by atoms with E-state index in [0.717, 1.165) is 30.1 Å². The molecule has 5 heteroatoms. The summed E-state index contributed by atoms with van der Waals surface area (Å²) in [6.45, 7) is 4.90. The van der Waals surface area contributed by atoms with Crippen LogP contribution in [0.4, 0.5) is 10.1 Å². The normalized spacial score (nSPS) is 22.7. The number of nitrogens with zero attached hydrogens (tertiary/aromatic N) is 2. The second kappa shape index (κ2) is 9.03. The van der Waals surface area contributed by atoms with Crippen molar-refractivity contribution in [3.05, 3.63) is 71.8 Å². The fourth-order valence-corrected chi connectivity index (χ4v) is 4.90. The predicted molar refractivity (Wildman–Crippen MR) is 132 cm³/mol. The van der Waals surface area contributed by atoms with Gasteiger partial charge in [-0.05, 0) is 71.7 Å². The number of fused-ring (bicyclic) bond motifs is 1. The first-order valence-electron chi connectivity index (χ1n) is 12.3. The number of pyridine rings is 1. The maximum absolute atomic E-state index is 13.3. The summed E-state index contributed by atoms with van der Waals surface area (Å²) in [5.41, 5.74) is 9.82. The molecule has 1 aromatic heterocycles. The molecule has 1 heterocycles. The summed E-state index contributed by atoms with van der Waals surface area (Å²) in [7, 11) is 0. The van der Waals surface area contributed by atoms with Crippen LogP contribution in [0.2, 0.25) is 0 Å². The van der Waals surface area contributed by atoms with E-state index in [1.54, 1.807) is 6.07 Å². The average molecular weight is 448 g/mol. The molecule has 3 aromatic rings. The predicted octanol–water partition coefficient (Wildman–Crippen LogP) is 5.55. The minimum atomic E-state index is -0.667. The number of nitrogens with two attached hydrogens (primary N) is 1. The highest BCUT2D eigenvalue weighted by Gasteiger charge is 2.47. The van der Waals surface area contributed by atoms with Crippen molar-refractivity contribution in [1.29, 1.82) is 0 Å². The van der Waals surface area contributed by atoms with Crippen LogP contribution in [0.5, 0.6) is 0 Å². The molecule has 174 valence electrons. The summed E-state index contributed by atoms with van der Waals surface area (Å²) in [6, 6.07) is 16.3. The van der Waals surface area contributed by atoms with Gasteiger partial charge in [-0.1, -0.05) is 44.5 Å². The number of aliphatic hydroxyl groups excluding tert-OH is 1. The first kappa shape index (κ1) is 22.3. The zero-order chi connectivity index (χ0) is 23.1. The monoisotopic (exact) mass is 447 g/mol. The molecule has 2 aliphatic carbocycles. The average Bonchev–Trinajstić information content (AvgIpc) is 3.75. The summed E-state index contributed by atoms with van der Waals surface area (Å²) in [5, 5.41) is 13.9. The Kier molecular flexibility index (Phi) is 6.11. The van der Waals surface area contributed by atoms with E-state index >= 15 is 0 Å². The van der Waals surface area contributed by atoms with E-state index in [1.807, 2.05) is 0 Å². The minimum Gasteiger partial charge on any atom is -0.373 e. The molecule has 2 saturated carbocycles. The van der Waals surface area contributed by atoms with Gasteiger partial charge in [-0.3, -0.25) is 4.98 Å². The Bertz CT molecular complexity index is 1110. The molecule has 1 unspecified atom stereocenters. The molecule has 2 aromatic carbocycles. The molecular weight excluding hydrogens is 413 g/mol. The molecule has 5 atom stereocenters. The van der Waals surface area contributed by atoms with Gasteiger partial charge >= 0.3 is 0 Å². The van der Waals surface area contributed by atoms with Crippen LogP contribution in [0.15, 0.2) is 54.7 Å². The van der Waals surface area contributed by atoms with Crippen LogP contribution in [0, 0.1) is 17.7 Å². The summed E-state index contributed by atoms with van der Waals surface area (Å²) < 4.78 is 13.3. The van der Waals surface area contributed by atoms with E-state index in [0.29, 0.717) is 12.5 Å². The van der Waals surface area contributed by atoms with Gasteiger partial charge in [0.05, 0.1) is 6.20 Å². The quantitative estimate of drug-likeness (QED) is 0.422. The molecule has 0 spiro atoms. The molecule has 2 aliphatic rings. The van der Waals surface area contributed by atoms with Gasteiger partial charge < -0.3 is 15.7 Å². The van der Waals surface area contributed by atoms with Crippen molar-refractivity contribution in [3.8, 4) is 0 Å². The van der Waals surface area contributed by atoms with Crippen LogP contribution in [0.3, 0.4) is 0 Å². The lowest BCUT2D eigenvalue weighted by molar-refractivity contribution is 0.139. The first-order valence-corrected chi connectivity index (χ1v) is 12.3. The molecular formula is C28H34FN3O. The van der Waals surface area contributed by atoms with Gasteiger partial charge in [-0.15, -0.1) is 0 Å². The third-order valence-corrected chi connectivity index (χ3v) is 7.68. The standard InChI is InChI=1S/C28H34FN3O/c1-3-17(2)26(30)16-32(28(33)25-14-24(25)27-11-9-22(29)15-31-27)23-10-8-20-12-19(18-4-5-18)6-7-21(20)13-23/h6-13,15,17-18,24-26,28,33H,3-5,14,16,30H2,1-2H3/t17-,24+,25+,26+,28?/m0/s1. The van der Waals surface area contributed by atoms with Crippen LogP contribution < -0.4 is 10.6 Å². The number of aliphatic hydroxyl groups is 1. The van der Waals surface area contributed by atoms with Crippen LogP contribution in [-0.2, 0) is 0 Å². The smallest absolute Gasteiger partial charge is 0.141 e. The highest BCUT2D eigenvalue weighted by atomic mass is 19.1. The number of benzene rings is 2. The van der Waals surface area contributed by atoms with Crippen LogP contribution in [0.25, 0.3) is 10.8 Å². The first-order chi connectivity index (χ1) is 15.9.